The van der Waals surface area contributed by atoms with Gasteiger partial charge in [0.15, 0.2) is 5.69 Å². The Bertz CT molecular complexity index is 1380. The van der Waals surface area contributed by atoms with E-state index < -0.39 is 41.0 Å². The first-order chi connectivity index (χ1) is 16.5. The molecule has 0 unspecified atom stereocenters. The van der Waals surface area contributed by atoms with Crippen molar-refractivity contribution in [2.45, 2.75) is 45.6 Å². The van der Waals surface area contributed by atoms with E-state index in [4.69, 9.17) is 5.73 Å². The molecule has 3 aromatic rings. The smallest absolute Gasteiger partial charge is 0.383 e. The number of hydrogen-bond donors (Lipinski definition) is 2. The first-order valence-corrected chi connectivity index (χ1v) is 10.8. The van der Waals surface area contributed by atoms with E-state index in [9.17, 15) is 32.3 Å². The Kier molecular flexibility index (Phi) is 7.62. The van der Waals surface area contributed by atoms with Crippen molar-refractivity contribution in [2.24, 2.45) is 0 Å². The molecule has 0 atom stereocenters. The number of nitrogens with zero attached hydrogens (tertiary/aromatic N) is 3. The van der Waals surface area contributed by atoms with Crippen molar-refractivity contribution in [3.8, 4) is 0 Å². The predicted molar refractivity (Wildman–Crippen MR) is 124 cm³/mol. The molecule has 12 heteroatoms. The van der Waals surface area contributed by atoms with Gasteiger partial charge in [-0.1, -0.05) is 43.7 Å². The fourth-order valence-corrected chi connectivity index (χ4v) is 3.49. The molecule has 2 aromatic heterocycles. The molecule has 1 aromatic carbocycles. The number of nitrogens with one attached hydrogen (secondary N) is 1. The third kappa shape index (κ3) is 5.89. The number of nitrogens with two attached hydrogens (primary N) is 1. The number of alkyl halides is 3. The van der Waals surface area contributed by atoms with Crippen LogP contribution >= 0.6 is 0 Å². The number of H-pyrrole nitrogens is 1. The van der Waals surface area contributed by atoms with Crippen molar-refractivity contribution in [1.29, 1.82) is 0 Å². The van der Waals surface area contributed by atoms with Crippen LogP contribution < -0.4 is 27.4 Å². The van der Waals surface area contributed by atoms with Crippen molar-refractivity contribution in [1.82, 2.24) is 14.1 Å². The van der Waals surface area contributed by atoms with E-state index in [2.05, 4.69) is 4.98 Å². The van der Waals surface area contributed by atoms with Gasteiger partial charge >= 0.3 is 11.9 Å². The Morgan fingerprint density at radius 1 is 1.09 bits per heavy atom. The Balaban J connectivity index is 2.10. The highest BCUT2D eigenvalue weighted by Crippen LogP contribution is 2.28. The molecule has 0 aliphatic heterocycles. The zero-order valence-electron chi connectivity index (χ0n) is 18.8. The minimum absolute atomic E-state index is 0.174. The van der Waals surface area contributed by atoms with Gasteiger partial charge in [0.2, 0.25) is 5.91 Å². The molecule has 0 bridgehead atoms. The maximum absolute atomic E-state index is 13.3. The van der Waals surface area contributed by atoms with Crippen LogP contribution in [0, 0.1) is 0 Å². The van der Waals surface area contributed by atoms with E-state index in [1.807, 2.05) is 6.92 Å². The summed E-state index contributed by atoms with van der Waals surface area (Å²) in [6.45, 7) is 1.12. The van der Waals surface area contributed by atoms with E-state index >= 15 is 0 Å². The molecule has 0 saturated heterocycles. The summed E-state index contributed by atoms with van der Waals surface area (Å²) in [7, 11) is 0. The average Bonchev–Trinajstić information content (AvgIpc) is 2.79. The van der Waals surface area contributed by atoms with Gasteiger partial charge in [-0.15, -0.1) is 0 Å². The molecule has 0 spiro atoms. The Labute approximate surface area is 197 Å². The van der Waals surface area contributed by atoms with Gasteiger partial charge in [0.1, 0.15) is 12.4 Å². The number of hydrogen-bond acceptors (Lipinski definition) is 5. The summed E-state index contributed by atoms with van der Waals surface area (Å²) < 4.78 is 41.1. The number of rotatable bonds is 8. The summed E-state index contributed by atoms with van der Waals surface area (Å²) in [6.07, 6.45) is -2.89. The van der Waals surface area contributed by atoms with Crippen LogP contribution in [0.2, 0.25) is 0 Å². The van der Waals surface area contributed by atoms with E-state index in [-0.39, 0.29) is 24.6 Å². The number of aromatic amines is 1. The lowest BCUT2D eigenvalue weighted by Gasteiger charge is -2.25. The molecule has 1 amide bonds. The third-order valence-corrected chi connectivity index (χ3v) is 5.32. The standard InChI is InChI=1S/C23H24F3N5O4/c1-2-3-11-30-20(27)19(21(34)28-22(30)35)31(12-15-7-5-4-6-8-15)18(33)14-29-13-16(23(24,25)26)9-10-17(29)32/h4-10,13H,2-3,11-12,14,27H2,1H3,(H,28,34,35). The van der Waals surface area contributed by atoms with Crippen LogP contribution in [0.3, 0.4) is 0 Å². The summed E-state index contributed by atoms with van der Waals surface area (Å²) >= 11 is 0. The van der Waals surface area contributed by atoms with Crippen LogP contribution in [0.4, 0.5) is 24.7 Å². The molecular weight excluding hydrogens is 467 g/mol. The summed E-state index contributed by atoms with van der Waals surface area (Å²) in [5, 5.41) is 0. The SMILES string of the molecule is CCCCn1c(N)c(N(Cc2ccccc2)C(=O)Cn2cc(C(F)(F)F)ccc2=O)c(=O)[nH]c1=O. The van der Waals surface area contributed by atoms with Gasteiger partial charge < -0.3 is 10.3 Å². The highest BCUT2D eigenvalue weighted by Gasteiger charge is 2.32. The minimum Gasteiger partial charge on any atom is -0.383 e. The molecule has 0 fully saturated rings. The fourth-order valence-electron chi connectivity index (χ4n) is 3.49. The summed E-state index contributed by atoms with van der Waals surface area (Å²) in [5.74, 6) is -1.12. The van der Waals surface area contributed by atoms with Crippen LogP contribution in [0.1, 0.15) is 30.9 Å². The number of carbonyl (C=O) groups excluding carboxylic acids is 1. The lowest BCUT2D eigenvalue weighted by Crippen LogP contribution is -2.43. The van der Waals surface area contributed by atoms with Gasteiger partial charge in [-0.2, -0.15) is 13.2 Å². The summed E-state index contributed by atoms with van der Waals surface area (Å²) in [5.41, 5.74) is 2.80. The minimum atomic E-state index is -4.72. The Morgan fingerprint density at radius 3 is 2.40 bits per heavy atom. The first kappa shape index (κ1) is 25.5. The number of aromatic nitrogens is 3. The zero-order chi connectivity index (χ0) is 25.8. The van der Waals surface area contributed by atoms with Crippen molar-refractivity contribution in [3.05, 3.63) is 91.0 Å². The van der Waals surface area contributed by atoms with Crippen LogP contribution in [-0.2, 0) is 30.6 Å². The van der Waals surface area contributed by atoms with Gasteiger partial charge in [-0.3, -0.25) is 28.8 Å². The molecule has 9 nitrogen and oxygen atoms in total. The van der Waals surface area contributed by atoms with E-state index in [0.29, 0.717) is 34.9 Å². The van der Waals surface area contributed by atoms with Crippen molar-refractivity contribution in [3.63, 3.8) is 0 Å². The van der Waals surface area contributed by atoms with Gasteiger partial charge in [-0.25, -0.2) is 4.79 Å². The predicted octanol–water partition coefficient (Wildman–Crippen LogP) is 2.33. The zero-order valence-corrected chi connectivity index (χ0v) is 18.8. The number of halogens is 3. The molecule has 3 rings (SSSR count). The second-order valence-corrected chi connectivity index (χ2v) is 7.85. The van der Waals surface area contributed by atoms with E-state index in [1.165, 1.54) is 0 Å². The number of benzene rings is 1. The number of anilines is 2. The Morgan fingerprint density at radius 2 is 1.77 bits per heavy atom. The molecular formula is C23H24F3N5O4. The Hall–Kier alpha value is -4.09. The highest BCUT2D eigenvalue weighted by molar-refractivity contribution is 5.95. The van der Waals surface area contributed by atoms with Crippen LogP contribution in [0.15, 0.2) is 63.0 Å². The van der Waals surface area contributed by atoms with Gasteiger partial charge in [0.25, 0.3) is 11.1 Å². The second kappa shape index (κ2) is 10.5. The molecule has 2 heterocycles. The van der Waals surface area contributed by atoms with Gasteiger partial charge in [0.05, 0.1) is 12.1 Å². The molecule has 0 aliphatic rings. The molecule has 186 valence electrons. The largest absolute Gasteiger partial charge is 0.417 e. The van der Waals surface area contributed by atoms with E-state index in [0.717, 1.165) is 15.9 Å². The average molecular weight is 491 g/mol. The van der Waals surface area contributed by atoms with Crippen LogP contribution in [-0.4, -0.2) is 20.0 Å². The molecule has 0 radical (unpaired) electrons. The van der Waals surface area contributed by atoms with Crippen molar-refractivity contribution in [2.75, 3.05) is 10.6 Å². The maximum Gasteiger partial charge on any atom is 0.417 e. The number of unbranched alkanes of at least 4 members (excludes halogenated alkanes) is 1. The summed E-state index contributed by atoms with van der Waals surface area (Å²) in [6, 6.07) is 9.82. The van der Waals surface area contributed by atoms with Crippen molar-refractivity contribution >= 4 is 17.4 Å². The molecule has 0 aliphatic carbocycles. The van der Waals surface area contributed by atoms with Crippen LogP contribution in [0.25, 0.3) is 0 Å². The lowest BCUT2D eigenvalue weighted by molar-refractivity contribution is -0.138. The molecule has 3 N–H and O–H groups in total. The van der Waals surface area contributed by atoms with E-state index in [1.54, 1.807) is 30.3 Å². The highest BCUT2D eigenvalue weighted by atomic mass is 19.4. The number of nitrogen functional groups attached to an aromatic ring is 1. The van der Waals surface area contributed by atoms with Crippen LogP contribution in [0.5, 0.6) is 0 Å². The molecule has 35 heavy (non-hydrogen) atoms. The monoisotopic (exact) mass is 491 g/mol. The maximum atomic E-state index is 13.3. The molecule has 0 saturated carbocycles. The third-order valence-electron chi connectivity index (χ3n) is 5.32. The topological polar surface area (TPSA) is 123 Å². The van der Waals surface area contributed by atoms with Gasteiger partial charge in [-0.05, 0) is 18.1 Å². The number of amides is 1. The quantitative estimate of drug-likeness (QED) is 0.501. The van der Waals surface area contributed by atoms with Crippen molar-refractivity contribution < 1.29 is 18.0 Å². The number of pyridine rings is 1. The second-order valence-electron chi connectivity index (χ2n) is 7.85. The number of carbonyl (C=O) groups is 1. The fraction of sp³-hybridized carbons (Fsp3) is 0.304. The normalized spacial score (nSPS) is 11.4. The summed E-state index contributed by atoms with van der Waals surface area (Å²) in [4.78, 5) is 53.7. The first-order valence-electron chi connectivity index (χ1n) is 10.8. The lowest BCUT2D eigenvalue weighted by atomic mass is 10.2. The van der Waals surface area contributed by atoms with Gasteiger partial charge in [0, 0.05) is 18.8 Å².